The molecule has 2 nitrogen and oxygen atoms in total. The molecule has 0 spiro atoms. The molecule has 0 radical (unpaired) electrons. The molecule has 0 aliphatic carbocycles. The molecule has 6 heavy (non-hydrogen) atoms. The van der Waals surface area contributed by atoms with E-state index in [0.717, 1.165) is 0 Å². The Balaban J connectivity index is -0.0000000267. The third-order valence-corrected chi connectivity index (χ3v) is 0.343. The summed E-state index contributed by atoms with van der Waals surface area (Å²) in [6, 6.07) is 0. The minimum atomic E-state index is -0.980. The van der Waals surface area contributed by atoms with Gasteiger partial charge in [0.15, 0.2) is 0 Å². The van der Waals surface area contributed by atoms with E-state index in [1.54, 1.807) is 0 Å². The molecule has 0 aromatic heterocycles. The quantitative estimate of drug-likeness (QED) is 0.465. The largest absolute Gasteiger partial charge is 2.00 e. The first kappa shape index (κ1) is 10.3. The fourth-order valence-electron chi connectivity index (χ4n) is 0. The van der Waals surface area contributed by atoms with Crippen molar-refractivity contribution in [3.05, 3.63) is 0 Å². The van der Waals surface area contributed by atoms with Gasteiger partial charge in [0, 0.05) is 0 Å². The SMILES string of the molecule is O=C(O)CCl.[H-].[H-].[Sr+2]. The van der Waals surface area contributed by atoms with E-state index < -0.39 is 5.97 Å². The second-order valence-electron chi connectivity index (χ2n) is 0.527. The summed E-state index contributed by atoms with van der Waals surface area (Å²) in [6.45, 7) is 0. The second kappa shape index (κ2) is 6.24. The molecule has 0 amide bonds. The average Bonchev–Trinajstić information content (AvgIpc) is 1.38. The molecule has 0 rings (SSSR count). The van der Waals surface area contributed by atoms with Crippen molar-refractivity contribution < 1.29 is 12.8 Å². The summed E-state index contributed by atoms with van der Waals surface area (Å²) in [7, 11) is 0. The molecule has 0 atom stereocenters. The van der Waals surface area contributed by atoms with Gasteiger partial charge in [-0.15, -0.1) is 11.6 Å². The summed E-state index contributed by atoms with van der Waals surface area (Å²) >= 11 is 4.74. The molecule has 0 unspecified atom stereocenters. The first-order valence-electron chi connectivity index (χ1n) is 1.05. The standard InChI is InChI=1S/C2H3ClO2.Sr.2H/c3-1-2(4)5;;;/h1H2,(H,4,5);;;/q;+2;2*-1. The number of rotatable bonds is 1. The first-order chi connectivity index (χ1) is 2.27. The second-order valence-corrected chi connectivity index (χ2v) is 0.795. The van der Waals surface area contributed by atoms with Crippen LogP contribution in [0.2, 0.25) is 0 Å². The van der Waals surface area contributed by atoms with Gasteiger partial charge in [0.25, 0.3) is 0 Å². The third-order valence-electron chi connectivity index (χ3n) is 0.114. The average molecular weight is 184 g/mol. The molecule has 0 aromatic rings. The minimum absolute atomic E-state index is 0. The van der Waals surface area contributed by atoms with Crippen LogP contribution in [0.15, 0.2) is 0 Å². The Morgan fingerprint density at radius 2 is 2.17 bits per heavy atom. The van der Waals surface area contributed by atoms with E-state index in [0.29, 0.717) is 0 Å². The van der Waals surface area contributed by atoms with Crippen LogP contribution in [0.4, 0.5) is 0 Å². The van der Waals surface area contributed by atoms with Crippen molar-refractivity contribution in [2.45, 2.75) is 0 Å². The first-order valence-corrected chi connectivity index (χ1v) is 1.58. The minimum Gasteiger partial charge on any atom is -1.00 e. The molecule has 0 aliphatic heterocycles. The van der Waals surface area contributed by atoms with Gasteiger partial charge in [-0.05, 0) is 0 Å². The zero-order valence-electron chi connectivity index (χ0n) is 5.15. The predicted octanol–water partition coefficient (Wildman–Crippen LogP) is 0.154. The van der Waals surface area contributed by atoms with Crippen LogP contribution in [-0.4, -0.2) is 62.4 Å². The van der Waals surface area contributed by atoms with E-state index >= 15 is 0 Å². The summed E-state index contributed by atoms with van der Waals surface area (Å²) in [5.74, 6) is -1.29. The van der Waals surface area contributed by atoms with Gasteiger partial charge in [-0.2, -0.15) is 0 Å². The Hall–Kier alpha value is 1.24. The molecule has 1 N–H and O–H groups in total. The van der Waals surface area contributed by atoms with Crippen LogP contribution < -0.4 is 0 Å². The Labute approximate surface area is 80.7 Å². The van der Waals surface area contributed by atoms with Gasteiger partial charge in [0.2, 0.25) is 0 Å². The maximum Gasteiger partial charge on any atom is 2.00 e. The molecule has 0 saturated heterocycles. The van der Waals surface area contributed by atoms with Gasteiger partial charge in [-0.25, -0.2) is 0 Å². The van der Waals surface area contributed by atoms with Crippen molar-refractivity contribution in [1.82, 2.24) is 0 Å². The van der Waals surface area contributed by atoms with Crippen LogP contribution in [0.25, 0.3) is 0 Å². The normalized spacial score (nSPS) is 6.17. The van der Waals surface area contributed by atoms with E-state index in [2.05, 4.69) is 0 Å². The molecular formula is C2H5ClO2Sr. The summed E-state index contributed by atoms with van der Waals surface area (Å²) in [6.07, 6.45) is 0. The van der Waals surface area contributed by atoms with Gasteiger partial charge >= 0.3 is 51.5 Å². The van der Waals surface area contributed by atoms with Crippen molar-refractivity contribution in [3.63, 3.8) is 0 Å². The molecule has 34 valence electrons. The molecule has 0 heterocycles. The van der Waals surface area contributed by atoms with Gasteiger partial charge < -0.3 is 7.96 Å². The predicted molar refractivity (Wildman–Crippen MR) is 26.3 cm³/mol. The number of hydrogen-bond donors (Lipinski definition) is 1. The van der Waals surface area contributed by atoms with E-state index in [1.807, 2.05) is 0 Å². The molecule has 0 saturated carbocycles. The van der Waals surface area contributed by atoms with Gasteiger partial charge in [0.05, 0.1) is 0 Å². The van der Waals surface area contributed by atoms with Crippen LogP contribution >= 0.6 is 11.6 Å². The van der Waals surface area contributed by atoms with Crippen LogP contribution in [0.1, 0.15) is 2.85 Å². The summed E-state index contributed by atoms with van der Waals surface area (Å²) in [5.41, 5.74) is 0. The number of aliphatic carboxylic acids is 1. The Morgan fingerprint density at radius 3 is 2.17 bits per heavy atom. The number of carboxylic acid groups (broad SMARTS) is 1. The smallest absolute Gasteiger partial charge is 1.00 e. The number of halogens is 1. The molecule has 0 aliphatic rings. The molecule has 0 aromatic carbocycles. The van der Waals surface area contributed by atoms with Crippen molar-refractivity contribution in [2.24, 2.45) is 0 Å². The van der Waals surface area contributed by atoms with Crippen molar-refractivity contribution in [1.29, 1.82) is 0 Å². The molecule has 0 fully saturated rings. The Kier molecular flexibility index (Phi) is 10.7. The summed E-state index contributed by atoms with van der Waals surface area (Å²) in [5, 5.41) is 7.59. The van der Waals surface area contributed by atoms with E-state index in [9.17, 15) is 4.79 Å². The van der Waals surface area contributed by atoms with Crippen molar-refractivity contribution >= 4 is 63.1 Å². The van der Waals surface area contributed by atoms with Gasteiger partial charge in [0.1, 0.15) is 5.88 Å². The molecule has 4 heteroatoms. The monoisotopic (exact) mass is 184 g/mol. The maximum atomic E-state index is 9.24. The van der Waals surface area contributed by atoms with Crippen molar-refractivity contribution in [2.75, 3.05) is 5.88 Å². The van der Waals surface area contributed by atoms with E-state index in [4.69, 9.17) is 16.7 Å². The van der Waals surface area contributed by atoms with Crippen LogP contribution in [0.3, 0.4) is 0 Å². The zero-order chi connectivity index (χ0) is 4.28. The fourth-order valence-corrected chi connectivity index (χ4v) is 0. The fraction of sp³-hybridized carbons (Fsp3) is 0.500. The van der Waals surface area contributed by atoms with Crippen LogP contribution in [0.5, 0.6) is 0 Å². The van der Waals surface area contributed by atoms with Crippen molar-refractivity contribution in [3.8, 4) is 0 Å². The van der Waals surface area contributed by atoms with Crippen LogP contribution in [0, 0.1) is 0 Å². The third kappa shape index (κ3) is 8.97. The van der Waals surface area contributed by atoms with Gasteiger partial charge in [-0.1, -0.05) is 0 Å². The summed E-state index contributed by atoms with van der Waals surface area (Å²) < 4.78 is 0. The van der Waals surface area contributed by atoms with E-state index in [-0.39, 0.29) is 54.2 Å². The number of carboxylic acids is 1. The van der Waals surface area contributed by atoms with Gasteiger partial charge in [-0.3, -0.25) is 4.79 Å². The van der Waals surface area contributed by atoms with E-state index in [1.165, 1.54) is 0 Å². The molecule has 0 bridgehead atoms. The maximum absolute atomic E-state index is 9.24. The summed E-state index contributed by atoms with van der Waals surface area (Å²) in [4.78, 5) is 9.24. The topological polar surface area (TPSA) is 37.3 Å². The Bertz CT molecular complexity index is 53.3. The van der Waals surface area contributed by atoms with Crippen LogP contribution in [-0.2, 0) is 4.79 Å². The zero-order valence-corrected chi connectivity index (χ0v) is 7.38. The molecular weight excluding hydrogens is 179 g/mol. The number of alkyl halides is 1. The Morgan fingerprint density at radius 1 is 2.00 bits per heavy atom. The number of hydrogen-bond acceptors (Lipinski definition) is 1. The number of carbonyl (C=O) groups is 1.